The second-order valence-electron chi connectivity index (χ2n) is 4.90. The number of nitrogens with zero attached hydrogens (tertiary/aromatic N) is 1. The van der Waals surface area contributed by atoms with Crippen LogP contribution in [0.1, 0.15) is 35.7 Å². The SMILES string of the molecule is CCNC(=O)c1cccc(CNC(=NC)NC2CC2)c1. The smallest absolute Gasteiger partial charge is 0.251 e. The van der Waals surface area contributed by atoms with Gasteiger partial charge in [-0.3, -0.25) is 9.79 Å². The molecular formula is C15H22N4O. The summed E-state index contributed by atoms with van der Waals surface area (Å²) in [7, 11) is 1.77. The molecule has 0 unspecified atom stereocenters. The summed E-state index contributed by atoms with van der Waals surface area (Å²) in [6.45, 7) is 3.20. The van der Waals surface area contributed by atoms with E-state index in [0.29, 0.717) is 24.7 Å². The van der Waals surface area contributed by atoms with Crippen molar-refractivity contribution in [1.82, 2.24) is 16.0 Å². The van der Waals surface area contributed by atoms with Gasteiger partial charge in [0.15, 0.2) is 5.96 Å². The van der Waals surface area contributed by atoms with Crippen LogP contribution in [0.25, 0.3) is 0 Å². The summed E-state index contributed by atoms with van der Waals surface area (Å²) < 4.78 is 0. The van der Waals surface area contributed by atoms with Crippen LogP contribution >= 0.6 is 0 Å². The lowest BCUT2D eigenvalue weighted by atomic mass is 10.1. The fourth-order valence-corrected chi connectivity index (χ4v) is 1.89. The predicted molar refractivity (Wildman–Crippen MR) is 80.8 cm³/mol. The van der Waals surface area contributed by atoms with E-state index in [-0.39, 0.29) is 5.91 Å². The molecule has 0 aromatic heterocycles. The third-order valence-corrected chi connectivity index (χ3v) is 3.13. The molecule has 0 aliphatic heterocycles. The molecule has 1 aromatic rings. The largest absolute Gasteiger partial charge is 0.354 e. The topological polar surface area (TPSA) is 65.5 Å². The highest BCUT2D eigenvalue weighted by molar-refractivity contribution is 5.94. The van der Waals surface area contributed by atoms with Crippen LogP contribution in [0.15, 0.2) is 29.3 Å². The summed E-state index contributed by atoms with van der Waals surface area (Å²) >= 11 is 0. The van der Waals surface area contributed by atoms with Crippen molar-refractivity contribution < 1.29 is 4.79 Å². The molecule has 1 fully saturated rings. The van der Waals surface area contributed by atoms with E-state index in [4.69, 9.17) is 0 Å². The third kappa shape index (κ3) is 4.26. The van der Waals surface area contributed by atoms with Gasteiger partial charge in [-0.2, -0.15) is 0 Å². The van der Waals surface area contributed by atoms with Gasteiger partial charge >= 0.3 is 0 Å². The molecule has 3 N–H and O–H groups in total. The molecule has 108 valence electrons. The minimum Gasteiger partial charge on any atom is -0.354 e. The Kier molecular flexibility index (Phi) is 4.98. The highest BCUT2D eigenvalue weighted by atomic mass is 16.1. The highest BCUT2D eigenvalue weighted by Crippen LogP contribution is 2.18. The van der Waals surface area contributed by atoms with Gasteiger partial charge in [0.05, 0.1) is 0 Å². The fraction of sp³-hybridized carbons (Fsp3) is 0.467. The summed E-state index contributed by atoms with van der Waals surface area (Å²) in [5, 5.41) is 9.39. The molecule has 0 bridgehead atoms. The number of aliphatic imine (C=N–C) groups is 1. The Labute approximate surface area is 119 Å². The van der Waals surface area contributed by atoms with Crippen molar-refractivity contribution in [1.29, 1.82) is 0 Å². The third-order valence-electron chi connectivity index (χ3n) is 3.13. The van der Waals surface area contributed by atoms with E-state index < -0.39 is 0 Å². The zero-order valence-corrected chi connectivity index (χ0v) is 12.1. The zero-order chi connectivity index (χ0) is 14.4. The van der Waals surface area contributed by atoms with Gasteiger partial charge in [-0.1, -0.05) is 12.1 Å². The standard InChI is InChI=1S/C15H22N4O/c1-3-17-14(20)12-6-4-5-11(9-12)10-18-15(16-2)19-13-7-8-13/h4-6,9,13H,3,7-8,10H2,1-2H3,(H,17,20)(H2,16,18,19). The first-order chi connectivity index (χ1) is 9.72. The van der Waals surface area contributed by atoms with E-state index in [2.05, 4.69) is 20.9 Å². The summed E-state index contributed by atoms with van der Waals surface area (Å²) in [4.78, 5) is 16.0. The van der Waals surface area contributed by atoms with Crippen LogP contribution in [0.2, 0.25) is 0 Å². The van der Waals surface area contributed by atoms with Crippen LogP contribution in [-0.4, -0.2) is 31.5 Å². The highest BCUT2D eigenvalue weighted by Gasteiger charge is 2.21. The van der Waals surface area contributed by atoms with Crippen molar-refractivity contribution in [2.75, 3.05) is 13.6 Å². The van der Waals surface area contributed by atoms with Crippen molar-refractivity contribution >= 4 is 11.9 Å². The minimum atomic E-state index is -0.0326. The molecule has 5 heteroatoms. The number of guanidine groups is 1. The molecule has 1 amide bonds. The first-order valence-electron chi connectivity index (χ1n) is 7.07. The molecule has 5 nitrogen and oxygen atoms in total. The quantitative estimate of drug-likeness (QED) is 0.559. The summed E-state index contributed by atoms with van der Waals surface area (Å²) in [5.41, 5.74) is 1.75. The summed E-state index contributed by atoms with van der Waals surface area (Å²) in [6.07, 6.45) is 2.43. The van der Waals surface area contributed by atoms with E-state index in [1.54, 1.807) is 7.05 Å². The monoisotopic (exact) mass is 274 g/mol. The van der Waals surface area contributed by atoms with Crippen molar-refractivity contribution in [3.63, 3.8) is 0 Å². The van der Waals surface area contributed by atoms with Gasteiger partial charge in [-0.25, -0.2) is 0 Å². The lowest BCUT2D eigenvalue weighted by molar-refractivity contribution is 0.0955. The number of nitrogens with one attached hydrogen (secondary N) is 3. The first kappa shape index (κ1) is 14.4. The molecule has 0 radical (unpaired) electrons. The lowest BCUT2D eigenvalue weighted by Gasteiger charge is -2.11. The number of carbonyl (C=O) groups excluding carboxylic acids is 1. The molecule has 0 heterocycles. The molecule has 2 rings (SSSR count). The van der Waals surface area contributed by atoms with Crippen LogP contribution < -0.4 is 16.0 Å². The molecule has 1 aliphatic carbocycles. The Balaban J connectivity index is 1.91. The number of hydrogen-bond acceptors (Lipinski definition) is 2. The Hall–Kier alpha value is -2.04. The maximum Gasteiger partial charge on any atom is 0.251 e. The molecule has 1 aromatic carbocycles. The lowest BCUT2D eigenvalue weighted by Crippen LogP contribution is -2.38. The fourth-order valence-electron chi connectivity index (χ4n) is 1.89. The van der Waals surface area contributed by atoms with E-state index in [1.165, 1.54) is 12.8 Å². The van der Waals surface area contributed by atoms with Gasteiger partial charge in [-0.15, -0.1) is 0 Å². The van der Waals surface area contributed by atoms with Gasteiger partial charge in [0, 0.05) is 31.7 Å². The van der Waals surface area contributed by atoms with Crippen LogP contribution in [0, 0.1) is 0 Å². The molecular weight excluding hydrogens is 252 g/mol. The van der Waals surface area contributed by atoms with E-state index in [1.807, 2.05) is 31.2 Å². The number of amides is 1. The Bertz CT molecular complexity index is 494. The van der Waals surface area contributed by atoms with Gasteiger partial charge in [0.25, 0.3) is 5.91 Å². The van der Waals surface area contributed by atoms with Gasteiger partial charge in [-0.05, 0) is 37.5 Å². The van der Waals surface area contributed by atoms with Gasteiger partial charge in [0.1, 0.15) is 0 Å². The van der Waals surface area contributed by atoms with Gasteiger partial charge < -0.3 is 16.0 Å². The normalized spacial score (nSPS) is 14.8. The Morgan fingerprint density at radius 1 is 1.35 bits per heavy atom. The first-order valence-corrected chi connectivity index (χ1v) is 7.07. The number of benzene rings is 1. The van der Waals surface area contributed by atoms with E-state index >= 15 is 0 Å². The molecule has 0 spiro atoms. The molecule has 0 saturated heterocycles. The molecule has 0 atom stereocenters. The van der Waals surface area contributed by atoms with Crippen molar-refractivity contribution in [3.05, 3.63) is 35.4 Å². The molecule has 1 saturated carbocycles. The molecule has 20 heavy (non-hydrogen) atoms. The number of rotatable bonds is 5. The Morgan fingerprint density at radius 3 is 2.80 bits per heavy atom. The maximum absolute atomic E-state index is 11.8. The zero-order valence-electron chi connectivity index (χ0n) is 12.1. The van der Waals surface area contributed by atoms with Crippen molar-refractivity contribution in [3.8, 4) is 0 Å². The van der Waals surface area contributed by atoms with E-state index in [0.717, 1.165) is 11.5 Å². The van der Waals surface area contributed by atoms with Crippen LogP contribution in [0.3, 0.4) is 0 Å². The van der Waals surface area contributed by atoms with Crippen molar-refractivity contribution in [2.45, 2.75) is 32.4 Å². The second kappa shape index (κ2) is 6.93. The molecule has 1 aliphatic rings. The maximum atomic E-state index is 11.8. The second-order valence-corrected chi connectivity index (χ2v) is 4.90. The summed E-state index contributed by atoms with van der Waals surface area (Å²) in [5.74, 6) is 0.783. The minimum absolute atomic E-state index is 0.0326. The van der Waals surface area contributed by atoms with Crippen LogP contribution in [0.4, 0.5) is 0 Å². The number of hydrogen-bond donors (Lipinski definition) is 3. The van der Waals surface area contributed by atoms with Crippen LogP contribution in [-0.2, 0) is 6.54 Å². The predicted octanol–water partition coefficient (Wildman–Crippen LogP) is 1.26. The average Bonchev–Trinajstić information content (AvgIpc) is 3.28. The summed E-state index contributed by atoms with van der Waals surface area (Å²) in [6, 6.07) is 8.20. The van der Waals surface area contributed by atoms with Crippen LogP contribution in [0.5, 0.6) is 0 Å². The Morgan fingerprint density at radius 2 is 2.15 bits per heavy atom. The van der Waals surface area contributed by atoms with E-state index in [9.17, 15) is 4.79 Å². The van der Waals surface area contributed by atoms with Gasteiger partial charge in [0.2, 0.25) is 0 Å². The average molecular weight is 274 g/mol. The van der Waals surface area contributed by atoms with Crippen molar-refractivity contribution in [2.24, 2.45) is 4.99 Å². The number of carbonyl (C=O) groups is 1.